The monoisotopic (exact) mass is 581 g/mol. The standard InChI is InChI=1S/C27H21F2N5O6S/c1-12-16(9-31-34(12)2)15-8-17(24(28)29)32-27-21(15)22(23(41-27)25(30)35)33-26(36)19-6-4-14(40-19)10-37-13-3-5-18-20(7-13)39-11-38-18/h3-9,24H,10-11H2,1-2H3,(H2,30,35)(H,33,36). The Morgan fingerprint density at radius 1 is 1.17 bits per heavy atom. The highest BCUT2D eigenvalue weighted by atomic mass is 32.1. The molecular weight excluding hydrogens is 560 g/mol. The predicted molar refractivity (Wildman–Crippen MR) is 144 cm³/mol. The first-order valence-corrected chi connectivity index (χ1v) is 13.0. The van der Waals surface area contributed by atoms with Crippen LogP contribution >= 0.6 is 11.3 Å². The second kappa shape index (κ2) is 10.2. The number of halogens is 2. The minimum atomic E-state index is -2.87. The summed E-state index contributed by atoms with van der Waals surface area (Å²) in [6.45, 7) is 1.93. The number of alkyl halides is 2. The van der Waals surface area contributed by atoms with Gasteiger partial charge in [0.25, 0.3) is 18.2 Å². The first kappa shape index (κ1) is 26.3. The molecule has 0 bridgehead atoms. The van der Waals surface area contributed by atoms with Gasteiger partial charge in [-0.3, -0.25) is 14.3 Å². The molecule has 0 saturated carbocycles. The van der Waals surface area contributed by atoms with Crippen LogP contribution in [-0.2, 0) is 13.7 Å². The number of aryl methyl sites for hydroxylation is 1. The molecular formula is C27H21F2N5O6S. The number of nitrogens with zero attached hydrogens (tertiary/aromatic N) is 3. The first-order valence-electron chi connectivity index (χ1n) is 12.2. The zero-order chi connectivity index (χ0) is 28.8. The van der Waals surface area contributed by atoms with Crippen molar-refractivity contribution < 1.29 is 37.0 Å². The van der Waals surface area contributed by atoms with Gasteiger partial charge in [-0.25, -0.2) is 13.8 Å². The third kappa shape index (κ3) is 4.82. The molecule has 11 nitrogen and oxygen atoms in total. The van der Waals surface area contributed by atoms with Gasteiger partial charge >= 0.3 is 0 Å². The van der Waals surface area contributed by atoms with Gasteiger partial charge in [-0.2, -0.15) is 5.10 Å². The molecule has 0 spiro atoms. The van der Waals surface area contributed by atoms with E-state index in [0.717, 1.165) is 11.3 Å². The number of fused-ring (bicyclic) bond motifs is 2. The van der Waals surface area contributed by atoms with E-state index >= 15 is 0 Å². The van der Waals surface area contributed by atoms with E-state index in [2.05, 4.69) is 15.4 Å². The number of ether oxygens (including phenoxy) is 3. The van der Waals surface area contributed by atoms with Gasteiger partial charge in [0.15, 0.2) is 17.3 Å². The highest BCUT2D eigenvalue weighted by molar-refractivity contribution is 7.21. The van der Waals surface area contributed by atoms with Gasteiger partial charge in [-0.15, -0.1) is 11.3 Å². The van der Waals surface area contributed by atoms with Crippen LogP contribution in [0.1, 0.15) is 43.8 Å². The smallest absolute Gasteiger partial charge is 0.291 e. The normalized spacial score (nSPS) is 12.3. The summed E-state index contributed by atoms with van der Waals surface area (Å²) in [6, 6.07) is 9.37. The molecule has 14 heteroatoms. The molecule has 4 aromatic heterocycles. The van der Waals surface area contributed by atoms with Crippen molar-refractivity contribution >= 4 is 39.1 Å². The van der Waals surface area contributed by atoms with E-state index in [0.29, 0.717) is 39.8 Å². The number of amides is 2. The number of carbonyl (C=O) groups is 2. The molecule has 0 saturated heterocycles. The number of rotatable bonds is 8. The lowest BCUT2D eigenvalue weighted by Crippen LogP contribution is -2.16. The number of nitrogens with two attached hydrogens (primary N) is 1. The van der Waals surface area contributed by atoms with E-state index in [1.54, 1.807) is 42.9 Å². The summed E-state index contributed by atoms with van der Waals surface area (Å²) in [6.07, 6.45) is -1.35. The van der Waals surface area contributed by atoms with Gasteiger partial charge < -0.3 is 29.7 Å². The Morgan fingerprint density at radius 2 is 1.98 bits per heavy atom. The molecule has 0 radical (unpaired) electrons. The zero-order valence-electron chi connectivity index (χ0n) is 21.6. The summed E-state index contributed by atoms with van der Waals surface area (Å²) < 4.78 is 51.1. The molecule has 0 unspecified atom stereocenters. The Labute approximate surface area is 234 Å². The number of carbonyl (C=O) groups excluding carboxylic acids is 2. The van der Waals surface area contributed by atoms with Crippen LogP contribution in [-0.4, -0.2) is 33.4 Å². The van der Waals surface area contributed by atoms with Crippen LogP contribution in [0, 0.1) is 6.92 Å². The van der Waals surface area contributed by atoms with Gasteiger partial charge in [-0.05, 0) is 42.8 Å². The van der Waals surface area contributed by atoms with Gasteiger partial charge in [0, 0.05) is 29.8 Å². The molecule has 5 aromatic rings. The number of thiophene rings is 1. The van der Waals surface area contributed by atoms with Crippen molar-refractivity contribution in [3.05, 3.63) is 70.4 Å². The summed E-state index contributed by atoms with van der Waals surface area (Å²) in [5.41, 5.74) is 6.72. The number of benzene rings is 1. The maximum atomic E-state index is 13.8. The third-order valence-electron chi connectivity index (χ3n) is 6.50. The van der Waals surface area contributed by atoms with E-state index in [9.17, 15) is 18.4 Å². The SMILES string of the molecule is Cc1c(-c2cc(C(F)F)nc3sc(C(N)=O)c(NC(=O)c4ccc(COc5ccc6c(c5)OCO6)o4)c23)cnn1C. The number of primary amides is 1. The Kier molecular flexibility index (Phi) is 6.53. The van der Waals surface area contributed by atoms with Gasteiger partial charge in [-0.1, -0.05) is 0 Å². The van der Waals surface area contributed by atoms with E-state index < -0.39 is 23.9 Å². The van der Waals surface area contributed by atoms with Crippen molar-refractivity contribution in [2.24, 2.45) is 12.8 Å². The minimum Gasteiger partial charge on any atom is -0.486 e. The number of hydrogen-bond donors (Lipinski definition) is 2. The summed E-state index contributed by atoms with van der Waals surface area (Å²) in [5, 5.41) is 7.18. The van der Waals surface area contributed by atoms with Crippen LogP contribution in [0.3, 0.4) is 0 Å². The van der Waals surface area contributed by atoms with Crippen LogP contribution in [0.2, 0.25) is 0 Å². The highest BCUT2D eigenvalue weighted by Crippen LogP contribution is 2.43. The molecule has 1 aliphatic rings. The van der Waals surface area contributed by atoms with E-state index in [-0.39, 0.29) is 39.9 Å². The molecule has 1 aromatic carbocycles. The molecule has 6 rings (SSSR count). The Bertz CT molecular complexity index is 1830. The zero-order valence-corrected chi connectivity index (χ0v) is 22.4. The molecule has 5 heterocycles. The summed E-state index contributed by atoms with van der Waals surface area (Å²) in [7, 11) is 1.71. The molecule has 2 amide bonds. The summed E-state index contributed by atoms with van der Waals surface area (Å²) >= 11 is 0.811. The van der Waals surface area contributed by atoms with Crippen molar-refractivity contribution in [3.63, 3.8) is 0 Å². The number of nitrogens with one attached hydrogen (secondary N) is 1. The Balaban J connectivity index is 1.31. The fourth-order valence-corrected chi connectivity index (χ4v) is 5.39. The Hall–Kier alpha value is -4.98. The van der Waals surface area contributed by atoms with Crippen LogP contribution < -0.4 is 25.3 Å². The topological polar surface area (TPSA) is 144 Å². The predicted octanol–water partition coefficient (Wildman–Crippen LogP) is 5.19. The second-order valence-corrected chi connectivity index (χ2v) is 10.0. The fraction of sp³-hybridized carbons (Fsp3) is 0.185. The maximum Gasteiger partial charge on any atom is 0.291 e. The maximum absolute atomic E-state index is 13.8. The first-order chi connectivity index (χ1) is 19.7. The molecule has 1 aliphatic heterocycles. The van der Waals surface area contributed by atoms with E-state index in [1.807, 2.05) is 0 Å². The van der Waals surface area contributed by atoms with Crippen molar-refractivity contribution in [2.75, 3.05) is 12.1 Å². The molecule has 210 valence electrons. The van der Waals surface area contributed by atoms with Crippen molar-refractivity contribution in [2.45, 2.75) is 20.0 Å². The molecule has 41 heavy (non-hydrogen) atoms. The number of furan rings is 1. The molecule has 3 N–H and O–H groups in total. The summed E-state index contributed by atoms with van der Waals surface area (Å²) in [4.78, 5) is 29.7. The molecule has 0 aliphatic carbocycles. The lowest BCUT2D eigenvalue weighted by Gasteiger charge is -2.10. The minimum absolute atomic E-state index is 0.0194. The van der Waals surface area contributed by atoms with Crippen molar-refractivity contribution in [1.82, 2.24) is 14.8 Å². The number of pyridine rings is 1. The van der Waals surface area contributed by atoms with Crippen LogP contribution in [0.5, 0.6) is 17.2 Å². The number of aromatic nitrogens is 3. The average Bonchev–Trinajstić information content (AvgIpc) is 3.74. The second-order valence-electron chi connectivity index (χ2n) is 9.04. The molecule has 0 atom stereocenters. The van der Waals surface area contributed by atoms with Gasteiger partial charge in [0.05, 0.1) is 11.9 Å². The lowest BCUT2D eigenvalue weighted by molar-refractivity contribution is 0.0992. The Morgan fingerprint density at radius 3 is 2.71 bits per heavy atom. The average molecular weight is 582 g/mol. The van der Waals surface area contributed by atoms with Crippen LogP contribution in [0.25, 0.3) is 21.3 Å². The van der Waals surface area contributed by atoms with E-state index in [4.69, 9.17) is 24.4 Å². The third-order valence-corrected chi connectivity index (χ3v) is 7.60. The quantitative estimate of drug-likeness (QED) is 0.255. The van der Waals surface area contributed by atoms with Crippen LogP contribution in [0.15, 0.2) is 47.0 Å². The molecule has 0 fully saturated rings. The highest BCUT2D eigenvalue weighted by Gasteiger charge is 2.27. The van der Waals surface area contributed by atoms with Crippen LogP contribution in [0.4, 0.5) is 14.5 Å². The van der Waals surface area contributed by atoms with Gasteiger partial charge in [0.2, 0.25) is 6.79 Å². The fourth-order valence-electron chi connectivity index (χ4n) is 4.37. The van der Waals surface area contributed by atoms with Crippen molar-refractivity contribution in [1.29, 1.82) is 0 Å². The van der Waals surface area contributed by atoms with E-state index in [1.165, 1.54) is 18.3 Å². The number of anilines is 1. The summed E-state index contributed by atoms with van der Waals surface area (Å²) in [5.74, 6) is 0.440. The number of hydrogen-bond acceptors (Lipinski definition) is 9. The lowest BCUT2D eigenvalue weighted by atomic mass is 10.0. The van der Waals surface area contributed by atoms with Crippen molar-refractivity contribution in [3.8, 4) is 28.4 Å². The van der Waals surface area contributed by atoms with Gasteiger partial charge in [0.1, 0.15) is 33.5 Å². The largest absolute Gasteiger partial charge is 0.486 e.